The number of hydrogen-bond acceptors (Lipinski definition) is 3. The smallest absolute Gasteiger partial charge is 0.255 e. The van der Waals surface area contributed by atoms with Gasteiger partial charge in [-0.25, -0.2) is 8.78 Å². The van der Waals surface area contributed by atoms with Crippen LogP contribution in [0.3, 0.4) is 0 Å². The molecule has 1 atom stereocenters. The Kier molecular flexibility index (Phi) is 4.80. The summed E-state index contributed by atoms with van der Waals surface area (Å²) in [4.78, 5) is 26.4. The van der Waals surface area contributed by atoms with Gasteiger partial charge in [0.05, 0.1) is 11.6 Å². The number of benzene rings is 2. The van der Waals surface area contributed by atoms with E-state index in [9.17, 15) is 18.4 Å². The first kappa shape index (κ1) is 16.4. The Labute approximate surface area is 141 Å². The van der Waals surface area contributed by atoms with Crippen molar-refractivity contribution in [2.75, 3.05) is 16.9 Å². The molecule has 0 unspecified atom stereocenters. The number of amides is 2. The summed E-state index contributed by atoms with van der Waals surface area (Å²) in [5.74, 6) is -1.39. The summed E-state index contributed by atoms with van der Waals surface area (Å²) in [5, 5.41) is 2.37. The number of carbonyl (C=O) groups is 2. The van der Waals surface area contributed by atoms with E-state index < -0.39 is 23.6 Å². The van der Waals surface area contributed by atoms with Crippen LogP contribution in [-0.4, -0.2) is 34.4 Å². The van der Waals surface area contributed by atoms with Crippen LogP contribution in [0.4, 0.5) is 14.5 Å². The first-order chi connectivity index (χ1) is 11.6. The second-order valence-corrected chi connectivity index (χ2v) is 6.27. The maximum absolute atomic E-state index is 13.7. The van der Waals surface area contributed by atoms with Gasteiger partial charge in [0.25, 0.3) is 5.91 Å². The Balaban J connectivity index is 1.76. The summed E-state index contributed by atoms with van der Waals surface area (Å²) in [5.41, 5.74) is 0.249. The third-order valence-corrected chi connectivity index (χ3v) is 4.67. The predicted molar refractivity (Wildman–Crippen MR) is 88.7 cm³/mol. The number of hydrogen-bond donors (Lipinski definition) is 1. The monoisotopic (exact) mass is 348 g/mol. The molecule has 0 radical (unpaired) electrons. The Morgan fingerprint density at radius 2 is 1.88 bits per heavy atom. The Morgan fingerprint density at radius 1 is 1.12 bits per heavy atom. The van der Waals surface area contributed by atoms with Crippen LogP contribution in [0.25, 0.3) is 0 Å². The lowest BCUT2D eigenvalue weighted by atomic mass is 10.1. The molecular weight excluding hydrogens is 334 g/mol. The van der Waals surface area contributed by atoms with E-state index in [1.54, 1.807) is 30.3 Å². The molecule has 1 heterocycles. The van der Waals surface area contributed by atoms with Gasteiger partial charge in [0, 0.05) is 17.4 Å². The van der Waals surface area contributed by atoms with E-state index in [0.29, 0.717) is 17.2 Å². The second kappa shape index (κ2) is 7.00. The van der Waals surface area contributed by atoms with E-state index in [2.05, 4.69) is 5.32 Å². The average molecular weight is 348 g/mol. The van der Waals surface area contributed by atoms with Crippen molar-refractivity contribution in [3.63, 3.8) is 0 Å². The molecule has 0 aliphatic carbocycles. The number of rotatable bonds is 3. The molecule has 1 aliphatic heterocycles. The molecule has 7 heteroatoms. The number of halogens is 2. The zero-order valence-corrected chi connectivity index (χ0v) is 13.4. The van der Waals surface area contributed by atoms with Gasteiger partial charge >= 0.3 is 0 Å². The van der Waals surface area contributed by atoms with Gasteiger partial charge in [-0.05, 0) is 24.3 Å². The first-order valence-corrected chi connectivity index (χ1v) is 8.41. The third kappa shape index (κ3) is 3.41. The maximum atomic E-state index is 13.7. The largest absolute Gasteiger partial charge is 0.322 e. The van der Waals surface area contributed by atoms with Crippen LogP contribution in [0.2, 0.25) is 0 Å². The molecule has 2 amide bonds. The highest BCUT2D eigenvalue weighted by Crippen LogP contribution is 2.25. The topological polar surface area (TPSA) is 49.4 Å². The van der Waals surface area contributed by atoms with Crippen molar-refractivity contribution < 1.29 is 18.4 Å². The Morgan fingerprint density at radius 3 is 2.62 bits per heavy atom. The SMILES string of the molecule is O=C(Nc1cc(F)ccc1F)[C@@H]1CSCN1C(=O)c1ccccc1. The van der Waals surface area contributed by atoms with E-state index in [-0.39, 0.29) is 11.6 Å². The van der Waals surface area contributed by atoms with Crippen molar-refractivity contribution in [1.29, 1.82) is 0 Å². The van der Waals surface area contributed by atoms with Gasteiger partial charge in [-0.3, -0.25) is 9.59 Å². The van der Waals surface area contributed by atoms with E-state index in [1.807, 2.05) is 0 Å². The zero-order chi connectivity index (χ0) is 17.1. The van der Waals surface area contributed by atoms with Crippen LogP contribution in [-0.2, 0) is 4.79 Å². The van der Waals surface area contributed by atoms with E-state index in [0.717, 1.165) is 18.2 Å². The van der Waals surface area contributed by atoms with Crippen molar-refractivity contribution >= 4 is 29.3 Å². The van der Waals surface area contributed by atoms with E-state index >= 15 is 0 Å². The van der Waals surface area contributed by atoms with Crippen LogP contribution >= 0.6 is 11.8 Å². The molecule has 4 nitrogen and oxygen atoms in total. The highest BCUT2D eigenvalue weighted by Gasteiger charge is 2.35. The quantitative estimate of drug-likeness (QED) is 0.927. The molecule has 124 valence electrons. The lowest BCUT2D eigenvalue weighted by Crippen LogP contribution is -2.44. The Bertz CT molecular complexity index is 770. The summed E-state index contributed by atoms with van der Waals surface area (Å²) in [6.45, 7) is 0. The normalized spacial score (nSPS) is 16.9. The fourth-order valence-corrected chi connectivity index (χ4v) is 3.57. The lowest BCUT2D eigenvalue weighted by molar-refractivity contribution is -0.119. The second-order valence-electron chi connectivity index (χ2n) is 5.27. The summed E-state index contributed by atoms with van der Waals surface area (Å²) >= 11 is 1.44. The van der Waals surface area contributed by atoms with Crippen LogP contribution in [0.5, 0.6) is 0 Å². The highest BCUT2D eigenvalue weighted by molar-refractivity contribution is 7.99. The maximum Gasteiger partial charge on any atom is 0.255 e. The van der Waals surface area contributed by atoms with Crippen LogP contribution in [0.15, 0.2) is 48.5 Å². The van der Waals surface area contributed by atoms with Gasteiger partial charge in [-0.1, -0.05) is 18.2 Å². The van der Waals surface area contributed by atoms with Gasteiger partial charge in [-0.2, -0.15) is 0 Å². The summed E-state index contributed by atoms with van der Waals surface area (Å²) < 4.78 is 26.9. The van der Waals surface area contributed by atoms with Gasteiger partial charge in [0.15, 0.2) is 0 Å². The fraction of sp³-hybridized carbons (Fsp3) is 0.176. The number of nitrogens with zero attached hydrogens (tertiary/aromatic N) is 1. The summed E-state index contributed by atoms with van der Waals surface area (Å²) in [7, 11) is 0. The lowest BCUT2D eigenvalue weighted by Gasteiger charge is -2.23. The minimum atomic E-state index is -0.731. The van der Waals surface area contributed by atoms with Crippen molar-refractivity contribution in [3.05, 3.63) is 65.7 Å². The van der Waals surface area contributed by atoms with Crippen molar-refractivity contribution in [2.45, 2.75) is 6.04 Å². The number of nitrogens with one attached hydrogen (secondary N) is 1. The van der Waals surface area contributed by atoms with Crippen molar-refractivity contribution in [1.82, 2.24) is 4.90 Å². The minimum Gasteiger partial charge on any atom is -0.322 e. The fourth-order valence-electron chi connectivity index (χ4n) is 2.42. The van der Waals surface area contributed by atoms with Crippen LogP contribution in [0.1, 0.15) is 10.4 Å². The molecule has 24 heavy (non-hydrogen) atoms. The molecular formula is C17H14F2N2O2S. The zero-order valence-electron chi connectivity index (χ0n) is 12.5. The molecule has 0 aromatic heterocycles. The van der Waals surface area contributed by atoms with Crippen molar-refractivity contribution in [2.24, 2.45) is 0 Å². The molecule has 1 fully saturated rings. The summed E-state index contributed by atoms with van der Waals surface area (Å²) in [6.07, 6.45) is 0. The van der Waals surface area contributed by atoms with Crippen molar-refractivity contribution in [3.8, 4) is 0 Å². The highest BCUT2D eigenvalue weighted by atomic mass is 32.2. The molecule has 0 saturated carbocycles. The van der Waals surface area contributed by atoms with Gasteiger partial charge in [-0.15, -0.1) is 11.8 Å². The minimum absolute atomic E-state index is 0.232. The molecule has 0 bridgehead atoms. The molecule has 0 spiro atoms. The first-order valence-electron chi connectivity index (χ1n) is 7.26. The van der Waals surface area contributed by atoms with Crippen LogP contribution < -0.4 is 5.32 Å². The van der Waals surface area contributed by atoms with Crippen LogP contribution in [0, 0.1) is 11.6 Å². The average Bonchev–Trinajstić information content (AvgIpc) is 3.08. The number of carbonyl (C=O) groups excluding carboxylic acids is 2. The van der Waals surface area contributed by atoms with E-state index in [1.165, 1.54) is 16.7 Å². The van der Waals surface area contributed by atoms with E-state index in [4.69, 9.17) is 0 Å². The predicted octanol–water partition coefficient (Wildman–Crippen LogP) is 3.12. The summed E-state index contributed by atoms with van der Waals surface area (Å²) in [6, 6.07) is 10.7. The van der Waals surface area contributed by atoms with Gasteiger partial charge in [0.1, 0.15) is 17.7 Å². The number of anilines is 1. The van der Waals surface area contributed by atoms with Gasteiger partial charge in [0.2, 0.25) is 5.91 Å². The molecule has 1 N–H and O–H groups in total. The number of thioether (sulfide) groups is 1. The Hall–Kier alpha value is -2.41. The third-order valence-electron chi connectivity index (χ3n) is 3.65. The molecule has 3 rings (SSSR count). The molecule has 2 aromatic rings. The molecule has 2 aromatic carbocycles. The van der Waals surface area contributed by atoms with Gasteiger partial charge < -0.3 is 10.2 Å². The molecule has 1 saturated heterocycles. The standard InChI is InChI=1S/C17H14F2N2O2S/c18-12-6-7-13(19)14(8-12)20-16(22)15-9-24-10-21(15)17(23)11-4-2-1-3-5-11/h1-8,15H,9-10H2,(H,20,22)/t15-/m0/s1. The molecule has 1 aliphatic rings.